The van der Waals surface area contributed by atoms with Crippen LogP contribution in [0.15, 0.2) is 29.2 Å². The second-order valence-corrected chi connectivity index (χ2v) is 6.65. The fraction of sp³-hybridized carbons (Fsp3) is 0.538. The molecule has 1 aromatic carbocycles. The minimum Gasteiger partial charge on any atom is -0.494 e. The molecule has 0 aliphatic carbocycles. The summed E-state index contributed by atoms with van der Waals surface area (Å²) < 4.78 is 31.6. The number of hydrogen-bond donors (Lipinski definition) is 1. The van der Waals surface area contributed by atoms with Crippen LogP contribution in [0.2, 0.25) is 0 Å². The van der Waals surface area contributed by atoms with E-state index < -0.39 is 10.0 Å². The fourth-order valence-corrected chi connectivity index (χ4v) is 3.17. The van der Waals surface area contributed by atoms with Gasteiger partial charge < -0.3 is 10.1 Å². The number of nitrogens with one attached hydrogen (secondary N) is 1. The zero-order valence-corrected chi connectivity index (χ0v) is 12.1. The van der Waals surface area contributed by atoms with Gasteiger partial charge in [0.1, 0.15) is 5.75 Å². The maximum Gasteiger partial charge on any atom is 0.243 e. The lowest BCUT2D eigenvalue weighted by molar-refractivity contribution is 0.274. The molecule has 1 aliphatic rings. The van der Waals surface area contributed by atoms with E-state index in [0.717, 1.165) is 6.42 Å². The van der Waals surface area contributed by atoms with E-state index in [0.29, 0.717) is 30.3 Å². The molecular weight excluding hydrogens is 264 g/mol. The summed E-state index contributed by atoms with van der Waals surface area (Å²) in [6.07, 6.45) is 0.928. The van der Waals surface area contributed by atoms with Gasteiger partial charge >= 0.3 is 0 Å². The molecule has 1 saturated heterocycles. The standard InChI is InChI=1S/C13H20N2O3S/c1-3-8-18-12-4-6-13(7-5-12)19(16,17)15(2)11-9-14-10-11/h4-7,11,14H,3,8-10H2,1-2H3. The summed E-state index contributed by atoms with van der Waals surface area (Å²) in [7, 11) is -1.77. The van der Waals surface area contributed by atoms with Gasteiger partial charge in [-0.15, -0.1) is 0 Å². The molecule has 0 amide bonds. The van der Waals surface area contributed by atoms with Crippen molar-refractivity contribution in [1.29, 1.82) is 0 Å². The van der Waals surface area contributed by atoms with Crippen molar-refractivity contribution in [3.63, 3.8) is 0 Å². The van der Waals surface area contributed by atoms with Gasteiger partial charge in [-0.05, 0) is 30.7 Å². The van der Waals surface area contributed by atoms with Crippen LogP contribution in [-0.2, 0) is 10.0 Å². The maximum atomic E-state index is 12.3. The molecular formula is C13H20N2O3S. The first-order valence-corrected chi connectivity index (χ1v) is 7.91. The highest BCUT2D eigenvalue weighted by atomic mass is 32.2. The average Bonchev–Trinajstić information content (AvgIpc) is 2.34. The van der Waals surface area contributed by atoms with Gasteiger partial charge in [0.2, 0.25) is 10.0 Å². The molecule has 0 atom stereocenters. The van der Waals surface area contributed by atoms with E-state index in [-0.39, 0.29) is 6.04 Å². The normalized spacial score (nSPS) is 16.4. The summed E-state index contributed by atoms with van der Waals surface area (Å²) >= 11 is 0. The third kappa shape index (κ3) is 3.08. The van der Waals surface area contributed by atoms with E-state index in [4.69, 9.17) is 4.74 Å². The first-order valence-electron chi connectivity index (χ1n) is 6.47. The minimum absolute atomic E-state index is 0.0565. The summed E-state index contributed by atoms with van der Waals surface area (Å²) in [5, 5.41) is 3.07. The van der Waals surface area contributed by atoms with Crippen LogP contribution in [0.3, 0.4) is 0 Å². The van der Waals surface area contributed by atoms with Crippen LogP contribution in [0.4, 0.5) is 0 Å². The van der Waals surface area contributed by atoms with Gasteiger partial charge in [-0.25, -0.2) is 8.42 Å². The van der Waals surface area contributed by atoms with Crippen molar-refractivity contribution in [3.8, 4) is 5.75 Å². The first kappa shape index (κ1) is 14.3. The molecule has 1 N–H and O–H groups in total. The Morgan fingerprint density at radius 1 is 1.32 bits per heavy atom. The fourth-order valence-electron chi connectivity index (χ4n) is 1.82. The molecule has 0 spiro atoms. The molecule has 19 heavy (non-hydrogen) atoms. The Balaban J connectivity index is 2.11. The predicted octanol–water partition coefficient (Wildman–Crippen LogP) is 1.07. The summed E-state index contributed by atoms with van der Waals surface area (Å²) in [6, 6.07) is 6.66. The average molecular weight is 284 g/mol. The molecule has 5 nitrogen and oxygen atoms in total. The quantitative estimate of drug-likeness (QED) is 0.849. The Labute approximate surface area is 114 Å². The van der Waals surface area contributed by atoms with Crippen LogP contribution in [0.25, 0.3) is 0 Å². The Morgan fingerprint density at radius 2 is 1.95 bits per heavy atom. The monoisotopic (exact) mass is 284 g/mol. The molecule has 2 rings (SSSR count). The summed E-state index contributed by atoms with van der Waals surface area (Å²) in [6.45, 7) is 4.10. The van der Waals surface area contributed by atoms with Gasteiger partial charge in [-0.2, -0.15) is 4.31 Å². The maximum absolute atomic E-state index is 12.3. The van der Waals surface area contributed by atoms with E-state index in [2.05, 4.69) is 5.32 Å². The van der Waals surface area contributed by atoms with Gasteiger partial charge in [0.05, 0.1) is 11.5 Å². The Hall–Kier alpha value is -1.11. The van der Waals surface area contributed by atoms with Crippen molar-refractivity contribution in [1.82, 2.24) is 9.62 Å². The molecule has 1 heterocycles. The van der Waals surface area contributed by atoms with Crippen LogP contribution in [-0.4, -0.2) is 45.5 Å². The second kappa shape index (κ2) is 5.90. The zero-order valence-electron chi connectivity index (χ0n) is 11.3. The lowest BCUT2D eigenvalue weighted by Gasteiger charge is -2.34. The third-order valence-corrected chi connectivity index (χ3v) is 5.17. The molecule has 6 heteroatoms. The van der Waals surface area contributed by atoms with Gasteiger partial charge in [-0.1, -0.05) is 6.92 Å². The number of likely N-dealkylation sites (N-methyl/N-ethyl adjacent to an activating group) is 1. The van der Waals surface area contributed by atoms with Gasteiger partial charge in [-0.3, -0.25) is 0 Å². The molecule has 1 aliphatic heterocycles. The Morgan fingerprint density at radius 3 is 2.42 bits per heavy atom. The van der Waals surface area contributed by atoms with Crippen molar-refractivity contribution < 1.29 is 13.2 Å². The highest BCUT2D eigenvalue weighted by Gasteiger charge is 2.31. The number of ether oxygens (including phenoxy) is 1. The van der Waals surface area contributed by atoms with Crippen LogP contribution >= 0.6 is 0 Å². The van der Waals surface area contributed by atoms with E-state index >= 15 is 0 Å². The van der Waals surface area contributed by atoms with E-state index in [1.807, 2.05) is 6.92 Å². The van der Waals surface area contributed by atoms with Crippen molar-refractivity contribution in [2.75, 3.05) is 26.7 Å². The Bertz CT molecular complexity index is 509. The molecule has 0 unspecified atom stereocenters. The SMILES string of the molecule is CCCOc1ccc(S(=O)(=O)N(C)C2CNC2)cc1. The van der Waals surface area contributed by atoms with Crippen LogP contribution < -0.4 is 10.1 Å². The minimum atomic E-state index is -3.40. The second-order valence-electron chi connectivity index (χ2n) is 4.65. The molecule has 0 radical (unpaired) electrons. The summed E-state index contributed by atoms with van der Waals surface area (Å²) in [5.41, 5.74) is 0. The number of nitrogens with zero attached hydrogens (tertiary/aromatic N) is 1. The number of sulfonamides is 1. The molecule has 0 saturated carbocycles. The van der Waals surface area contributed by atoms with Gasteiger partial charge in [0.25, 0.3) is 0 Å². The number of benzene rings is 1. The predicted molar refractivity (Wildman–Crippen MR) is 73.8 cm³/mol. The van der Waals surface area contributed by atoms with Crippen molar-refractivity contribution in [2.45, 2.75) is 24.3 Å². The molecule has 1 aromatic rings. The van der Waals surface area contributed by atoms with Crippen LogP contribution in [0.1, 0.15) is 13.3 Å². The smallest absolute Gasteiger partial charge is 0.243 e. The third-order valence-electron chi connectivity index (χ3n) is 3.25. The molecule has 106 valence electrons. The first-order chi connectivity index (χ1) is 9.05. The Kier molecular flexibility index (Phi) is 4.44. The summed E-state index contributed by atoms with van der Waals surface area (Å²) in [4.78, 5) is 0.311. The van der Waals surface area contributed by atoms with Crippen molar-refractivity contribution in [3.05, 3.63) is 24.3 Å². The lowest BCUT2D eigenvalue weighted by Crippen LogP contribution is -2.57. The molecule has 0 aromatic heterocycles. The van der Waals surface area contributed by atoms with Crippen molar-refractivity contribution in [2.24, 2.45) is 0 Å². The van der Waals surface area contributed by atoms with E-state index in [9.17, 15) is 8.42 Å². The van der Waals surface area contributed by atoms with Crippen molar-refractivity contribution >= 4 is 10.0 Å². The highest BCUT2D eigenvalue weighted by Crippen LogP contribution is 2.21. The lowest BCUT2D eigenvalue weighted by atomic mass is 10.2. The zero-order chi connectivity index (χ0) is 13.9. The van der Waals surface area contributed by atoms with Crippen LogP contribution in [0.5, 0.6) is 5.75 Å². The van der Waals surface area contributed by atoms with Crippen LogP contribution in [0, 0.1) is 0 Å². The molecule has 1 fully saturated rings. The number of hydrogen-bond acceptors (Lipinski definition) is 4. The molecule has 0 bridgehead atoms. The van der Waals surface area contributed by atoms with E-state index in [1.165, 1.54) is 4.31 Å². The summed E-state index contributed by atoms with van der Waals surface area (Å²) in [5.74, 6) is 0.703. The van der Waals surface area contributed by atoms with Gasteiger partial charge in [0.15, 0.2) is 0 Å². The van der Waals surface area contributed by atoms with Gasteiger partial charge in [0, 0.05) is 26.2 Å². The topological polar surface area (TPSA) is 58.6 Å². The van der Waals surface area contributed by atoms with E-state index in [1.54, 1.807) is 31.3 Å². The highest BCUT2D eigenvalue weighted by molar-refractivity contribution is 7.89. The largest absolute Gasteiger partial charge is 0.494 e. The number of rotatable bonds is 6.